The third kappa shape index (κ3) is 0.956. The molecule has 0 amide bonds. The number of hydrogen-bond donors (Lipinski definition) is 0. The highest BCUT2D eigenvalue weighted by atomic mass is 35.5. The van der Waals surface area contributed by atoms with Crippen LogP contribution in [0.15, 0.2) is 28.9 Å². The normalized spacial score (nSPS) is 10.0. The number of rotatable bonds is 0. The fourth-order valence-electron chi connectivity index (χ4n) is 1.10. The van der Waals surface area contributed by atoms with Crippen LogP contribution in [0.3, 0.4) is 0 Å². The van der Waals surface area contributed by atoms with Crippen LogP contribution in [0.4, 0.5) is 0 Å². The molecular formula is C9H4ClNO. The monoisotopic (exact) mass is 177 g/mol. The van der Waals surface area contributed by atoms with Crippen molar-refractivity contribution in [3.05, 3.63) is 35.0 Å². The van der Waals surface area contributed by atoms with Gasteiger partial charge in [0.25, 0.3) is 0 Å². The molecular weight excluding hydrogens is 174 g/mol. The van der Waals surface area contributed by atoms with E-state index in [4.69, 9.17) is 21.3 Å². The number of benzene rings is 1. The zero-order valence-corrected chi connectivity index (χ0v) is 6.80. The molecule has 12 heavy (non-hydrogen) atoms. The highest BCUT2D eigenvalue weighted by molar-refractivity contribution is 6.34. The topological polar surface area (TPSA) is 36.9 Å². The van der Waals surface area contributed by atoms with Crippen LogP contribution in [0.1, 0.15) is 5.56 Å². The minimum absolute atomic E-state index is 0.481. The smallest absolute Gasteiger partial charge is 0.152 e. The molecule has 2 nitrogen and oxygen atoms in total. The van der Waals surface area contributed by atoms with Gasteiger partial charge in [-0.2, -0.15) is 5.26 Å². The van der Waals surface area contributed by atoms with Crippen molar-refractivity contribution >= 4 is 22.6 Å². The number of furan rings is 1. The van der Waals surface area contributed by atoms with Crippen LogP contribution < -0.4 is 0 Å². The van der Waals surface area contributed by atoms with Gasteiger partial charge in [-0.25, -0.2) is 0 Å². The van der Waals surface area contributed by atoms with E-state index in [9.17, 15) is 0 Å². The molecule has 0 fully saturated rings. The maximum Gasteiger partial charge on any atom is 0.152 e. The number of hydrogen-bond acceptors (Lipinski definition) is 2. The van der Waals surface area contributed by atoms with Crippen molar-refractivity contribution in [2.75, 3.05) is 0 Å². The molecule has 0 saturated heterocycles. The summed E-state index contributed by atoms with van der Waals surface area (Å²) in [6.07, 6.45) is 1.55. The van der Waals surface area contributed by atoms with Gasteiger partial charge in [-0.05, 0) is 18.2 Å². The third-order valence-corrected chi connectivity index (χ3v) is 1.92. The van der Waals surface area contributed by atoms with E-state index in [1.807, 2.05) is 6.07 Å². The summed E-state index contributed by atoms with van der Waals surface area (Å²) in [6.45, 7) is 0. The summed E-state index contributed by atoms with van der Waals surface area (Å²) < 4.78 is 5.11. The maximum absolute atomic E-state index is 8.62. The average molecular weight is 178 g/mol. The molecule has 0 unspecified atom stereocenters. The van der Waals surface area contributed by atoms with Crippen LogP contribution in [-0.4, -0.2) is 0 Å². The molecule has 0 radical (unpaired) electrons. The Morgan fingerprint density at radius 3 is 3.00 bits per heavy atom. The molecule has 0 atom stereocenters. The fourth-order valence-corrected chi connectivity index (χ4v) is 1.37. The standard InChI is InChI=1S/C9H4ClNO/c10-8-4-6(5-11)3-7-1-2-12-9(7)8/h1-4H. The Kier molecular flexibility index (Phi) is 1.53. The van der Waals surface area contributed by atoms with Crippen molar-refractivity contribution in [2.45, 2.75) is 0 Å². The lowest BCUT2D eigenvalue weighted by Crippen LogP contribution is -1.73. The summed E-state index contributed by atoms with van der Waals surface area (Å²) in [5.41, 5.74) is 1.18. The molecule has 0 aliphatic rings. The van der Waals surface area contributed by atoms with Gasteiger partial charge in [-0.15, -0.1) is 0 Å². The van der Waals surface area contributed by atoms with Crippen molar-refractivity contribution in [3.63, 3.8) is 0 Å². The van der Waals surface area contributed by atoms with Gasteiger partial charge in [0.2, 0.25) is 0 Å². The van der Waals surface area contributed by atoms with Crippen molar-refractivity contribution in [2.24, 2.45) is 0 Å². The first kappa shape index (κ1) is 7.20. The third-order valence-electron chi connectivity index (χ3n) is 1.63. The summed E-state index contributed by atoms with van der Waals surface area (Å²) in [5, 5.41) is 9.96. The van der Waals surface area contributed by atoms with E-state index in [2.05, 4.69) is 0 Å². The largest absolute Gasteiger partial charge is 0.463 e. The zero-order chi connectivity index (χ0) is 8.55. The Labute approximate surface area is 74.0 Å². The first-order valence-electron chi connectivity index (χ1n) is 3.38. The van der Waals surface area contributed by atoms with E-state index < -0.39 is 0 Å². The summed E-state index contributed by atoms with van der Waals surface area (Å²) in [7, 11) is 0. The Hall–Kier alpha value is -1.46. The predicted octanol–water partition coefficient (Wildman–Crippen LogP) is 2.96. The van der Waals surface area contributed by atoms with Crippen molar-refractivity contribution in [1.29, 1.82) is 5.26 Å². The zero-order valence-electron chi connectivity index (χ0n) is 6.04. The lowest BCUT2D eigenvalue weighted by molar-refractivity contribution is 0.616. The minimum Gasteiger partial charge on any atom is -0.463 e. The van der Waals surface area contributed by atoms with E-state index in [1.54, 1.807) is 24.5 Å². The number of nitriles is 1. The van der Waals surface area contributed by atoms with Gasteiger partial charge in [-0.3, -0.25) is 0 Å². The van der Waals surface area contributed by atoms with Gasteiger partial charge in [0, 0.05) is 5.39 Å². The quantitative estimate of drug-likeness (QED) is 0.620. The van der Waals surface area contributed by atoms with Gasteiger partial charge in [0.05, 0.1) is 22.9 Å². The number of halogens is 1. The van der Waals surface area contributed by atoms with E-state index in [0.717, 1.165) is 5.39 Å². The van der Waals surface area contributed by atoms with Gasteiger partial charge in [0.1, 0.15) is 0 Å². The van der Waals surface area contributed by atoms with E-state index in [-0.39, 0.29) is 0 Å². The van der Waals surface area contributed by atoms with Crippen molar-refractivity contribution in [1.82, 2.24) is 0 Å². The highest BCUT2D eigenvalue weighted by Crippen LogP contribution is 2.25. The molecule has 0 spiro atoms. The first-order chi connectivity index (χ1) is 5.81. The van der Waals surface area contributed by atoms with Crippen molar-refractivity contribution in [3.8, 4) is 6.07 Å². The fraction of sp³-hybridized carbons (Fsp3) is 0. The van der Waals surface area contributed by atoms with E-state index >= 15 is 0 Å². The summed E-state index contributed by atoms with van der Waals surface area (Å²) in [6, 6.07) is 7.13. The van der Waals surface area contributed by atoms with Gasteiger partial charge < -0.3 is 4.42 Å². The van der Waals surface area contributed by atoms with Crippen molar-refractivity contribution < 1.29 is 4.42 Å². The Morgan fingerprint density at radius 1 is 1.42 bits per heavy atom. The molecule has 0 saturated carbocycles. The molecule has 58 valence electrons. The van der Waals surface area contributed by atoms with Gasteiger partial charge in [-0.1, -0.05) is 11.6 Å². The van der Waals surface area contributed by atoms with Crippen LogP contribution in [0.25, 0.3) is 11.0 Å². The SMILES string of the molecule is N#Cc1cc(Cl)c2occc2c1. The second kappa shape index (κ2) is 2.54. The van der Waals surface area contributed by atoms with E-state index in [1.165, 1.54) is 0 Å². The Balaban J connectivity index is 2.86. The molecule has 3 heteroatoms. The predicted molar refractivity (Wildman–Crippen MR) is 45.9 cm³/mol. The van der Waals surface area contributed by atoms with Crippen LogP contribution in [0, 0.1) is 11.3 Å². The summed E-state index contributed by atoms with van der Waals surface area (Å²) in [5.74, 6) is 0. The second-order valence-electron chi connectivity index (χ2n) is 2.41. The maximum atomic E-state index is 8.62. The molecule has 1 aromatic carbocycles. The number of fused-ring (bicyclic) bond motifs is 1. The minimum atomic E-state index is 0.481. The molecule has 0 aliphatic carbocycles. The average Bonchev–Trinajstić information content (AvgIpc) is 2.52. The molecule has 0 bridgehead atoms. The van der Waals surface area contributed by atoms with Crippen LogP contribution >= 0.6 is 11.6 Å². The van der Waals surface area contributed by atoms with Crippen LogP contribution in [0.2, 0.25) is 5.02 Å². The lowest BCUT2D eigenvalue weighted by atomic mass is 10.2. The molecule has 1 heterocycles. The van der Waals surface area contributed by atoms with Gasteiger partial charge in [0.15, 0.2) is 5.58 Å². The van der Waals surface area contributed by atoms with Crippen LogP contribution in [-0.2, 0) is 0 Å². The van der Waals surface area contributed by atoms with E-state index in [0.29, 0.717) is 16.2 Å². The molecule has 0 N–H and O–H groups in total. The highest BCUT2D eigenvalue weighted by Gasteiger charge is 2.03. The Morgan fingerprint density at radius 2 is 2.25 bits per heavy atom. The Bertz CT molecular complexity index is 467. The molecule has 0 aliphatic heterocycles. The first-order valence-corrected chi connectivity index (χ1v) is 3.76. The second-order valence-corrected chi connectivity index (χ2v) is 2.82. The summed E-state index contributed by atoms with van der Waals surface area (Å²) >= 11 is 5.84. The molecule has 2 aromatic rings. The lowest BCUT2D eigenvalue weighted by Gasteiger charge is -1.92. The van der Waals surface area contributed by atoms with Crippen LogP contribution in [0.5, 0.6) is 0 Å². The van der Waals surface area contributed by atoms with Gasteiger partial charge >= 0.3 is 0 Å². The molecule has 1 aromatic heterocycles. The summed E-state index contributed by atoms with van der Waals surface area (Å²) in [4.78, 5) is 0. The molecule has 2 rings (SSSR count). The number of nitrogens with zero attached hydrogens (tertiary/aromatic N) is 1.